The second-order valence-electron chi connectivity index (χ2n) is 0. The molecule has 0 bridgehead atoms. The van der Waals surface area contributed by atoms with E-state index in [1.807, 2.05) is 0 Å². The van der Waals surface area contributed by atoms with Crippen molar-refractivity contribution in [1.29, 1.82) is 0 Å². The Morgan fingerprint density at radius 3 is 0.714 bits per heavy atom. The van der Waals surface area contributed by atoms with Crippen LogP contribution in [-0.4, -0.2) is 0 Å². The number of rotatable bonds is 0. The predicted molar refractivity (Wildman–Crippen MR) is 34.5 cm³/mol. The molecule has 3 N–H and O–H groups in total. The van der Waals surface area contributed by atoms with Gasteiger partial charge in [-0.15, -0.1) is 49.6 Å². The van der Waals surface area contributed by atoms with Crippen molar-refractivity contribution in [1.82, 2.24) is 0 Å². The van der Waals surface area contributed by atoms with Crippen molar-refractivity contribution in [2.75, 3.05) is 0 Å². The fourth-order valence-electron chi connectivity index (χ4n) is 0. The predicted octanol–water partition coefficient (Wildman–Crippen LogP) is 0.644. The van der Waals surface area contributed by atoms with Crippen LogP contribution in [0.15, 0.2) is 0 Å². The molecule has 0 aromatic carbocycles. The molecule has 0 saturated carbocycles. The monoisotopic (exact) mass is 277 g/mol. The van der Waals surface area contributed by atoms with E-state index in [9.17, 15) is 0 Å². The van der Waals surface area contributed by atoms with Crippen LogP contribution in [0.3, 0.4) is 0 Å². The molecule has 7 heteroatoms. The Balaban J connectivity index is -0.000000000500. The Bertz CT molecular complexity index is 9.65. The van der Waals surface area contributed by atoms with Crippen LogP contribution >= 0.6 is 49.6 Å². The molecule has 0 radical (unpaired) electrons. The molecule has 0 aromatic rings. The number of hydrogen-bond donors (Lipinski definition) is 0. The molecule has 0 aliphatic heterocycles. The maximum atomic E-state index is 8.26. The van der Waals surface area contributed by atoms with Gasteiger partial charge in [0.1, 0.15) is 0 Å². The fraction of sp³-hybridized carbons (Fsp3) is 0. The van der Waals surface area contributed by atoms with Gasteiger partial charge in [-0.1, -0.05) is 0 Å². The summed E-state index contributed by atoms with van der Waals surface area (Å²) >= 11 is 0.700. The third-order valence-electron chi connectivity index (χ3n) is 0. The van der Waals surface area contributed by atoms with Gasteiger partial charge in [0, 0.05) is 0 Å². The molecule has 2 nitrogen and oxygen atoms in total. The first-order chi connectivity index (χ1) is 1.00. The standard InChI is InChI=1S/4ClH.Mo.H2O.O/h4*1H;;1H2;/p+1. The van der Waals surface area contributed by atoms with Crippen LogP contribution in [0.4, 0.5) is 0 Å². The zero-order chi connectivity index (χ0) is 2.00. The van der Waals surface area contributed by atoms with Gasteiger partial charge in [-0.2, -0.15) is 0 Å². The van der Waals surface area contributed by atoms with Gasteiger partial charge < -0.3 is 5.48 Å². The van der Waals surface area contributed by atoms with Crippen LogP contribution in [0.5, 0.6) is 0 Å². The summed E-state index contributed by atoms with van der Waals surface area (Å²) in [6, 6.07) is 0. The van der Waals surface area contributed by atoms with E-state index in [1.54, 1.807) is 0 Å². The van der Waals surface area contributed by atoms with Crippen LogP contribution in [0.25, 0.3) is 0 Å². The van der Waals surface area contributed by atoms with E-state index in [0.717, 1.165) is 0 Å². The van der Waals surface area contributed by atoms with Crippen LogP contribution in [0, 0.1) is 0 Å². The molecule has 0 heterocycles. The summed E-state index contributed by atoms with van der Waals surface area (Å²) < 4.78 is 8.26. The molecule has 0 aliphatic rings. The quantitative estimate of drug-likeness (QED) is 0.473. The summed E-state index contributed by atoms with van der Waals surface area (Å²) in [6.07, 6.45) is 0. The third kappa shape index (κ3) is 92.5. The summed E-state index contributed by atoms with van der Waals surface area (Å²) in [5, 5.41) is 0. The van der Waals surface area contributed by atoms with Crippen molar-refractivity contribution < 1.29 is 28.7 Å². The van der Waals surface area contributed by atoms with E-state index in [0.29, 0.717) is 19.8 Å². The van der Waals surface area contributed by atoms with Crippen LogP contribution in [-0.2, 0) is 28.7 Å². The molecule has 0 unspecified atom stereocenters. The summed E-state index contributed by atoms with van der Waals surface area (Å²) in [7, 11) is 0. The van der Waals surface area contributed by atoms with Gasteiger partial charge in [-0.25, -0.2) is 0 Å². The average Bonchev–Trinajstić information content (AvgIpc) is 1.00. The first-order valence-electron chi connectivity index (χ1n) is 0.167. The van der Waals surface area contributed by atoms with Gasteiger partial charge in [0.05, 0.1) is 0 Å². The molecular formula is H7Cl4MoO2+. The molecule has 0 aromatic heterocycles. The zero-order valence-corrected chi connectivity index (χ0v) is 8.30. The maximum absolute atomic E-state index is 8.26. The molecule has 0 rings (SSSR count). The molecular weight excluding hydrogens is 270 g/mol. The first kappa shape index (κ1) is 73.2. The molecule has 52 valence electrons. The van der Waals surface area contributed by atoms with Crippen LogP contribution < -0.4 is 0 Å². The summed E-state index contributed by atoms with van der Waals surface area (Å²) in [4.78, 5) is 0. The van der Waals surface area contributed by atoms with E-state index in [4.69, 9.17) is 3.40 Å². The van der Waals surface area contributed by atoms with E-state index >= 15 is 0 Å². The second kappa shape index (κ2) is 128. The van der Waals surface area contributed by atoms with E-state index in [-0.39, 0.29) is 55.1 Å². The van der Waals surface area contributed by atoms with Crippen LogP contribution in [0.1, 0.15) is 0 Å². The topological polar surface area (TPSA) is 50.1 Å². The van der Waals surface area contributed by atoms with Crippen molar-refractivity contribution in [3.63, 3.8) is 0 Å². The molecule has 0 amide bonds. The number of hydrogen-bond acceptors (Lipinski definition) is 1. The van der Waals surface area contributed by atoms with Crippen LogP contribution in [0.2, 0.25) is 0 Å². The summed E-state index contributed by atoms with van der Waals surface area (Å²) in [6.45, 7) is 0. The van der Waals surface area contributed by atoms with Crippen molar-refractivity contribution in [2.24, 2.45) is 0 Å². The van der Waals surface area contributed by atoms with Gasteiger partial charge in [-0.3, -0.25) is 0 Å². The van der Waals surface area contributed by atoms with Crippen molar-refractivity contribution in [3.05, 3.63) is 0 Å². The normalized spacial score (nSPS) is 0.571. The Hall–Kier alpha value is 1.61. The zero-order valence-electron chi connectivity index (χ0n) is 3.03. The molecule has 0 spiro atoms. The molecule has 0 aliphatic carbocycles. The fourth-order valence-corrected chi connectivity index (χ4v) is 0. The van der Waals surface area contributed by atoms with E-state index in [1.165, 1.54) is 0 Å². The Morgan fingerprint density at radius 1 is 0.714 bits per heavy atom. The minimum atomic E-state index is 0. The van der Waals surface area contributed by atoms with Gasteiger partial charge in [0.2, 0.25) is 0 Å². The Kier molecular flexibility index (Phi) is 1340. The molecule has 0 atom stereocenters. The second-order valence-corrected chi connectivity index (χ2v) is 0. The molecule has 7 heavy (non-hydrogen) atoms. The van der Waals surface area contributed by atoms with Gasteiger partial charge >= 0.3 is 23.2 Å². The first-order valence-corrected chi connectivity index (χ1v) is 0.986. The summed E-state index contributed by atoms with van der Waals surface area (Å²) in [5.74, 6) is 0. The molecule has 0 fully saturated rings. The molecule has 0 saturated heterocycles. The van der Waals surface area contributed by atoms with Gasteiger partial charge in [0.25, 0.3) is 0 Å². The van der Waals surface area contributed by atoms with Crippen molar-refractivity contribution in [3.8, 4) is 0 Å². The van der Waals surface area contributed by atoms with Crippen molar-refractivity contribution >= 4 is 49.6 Å². The Labute approximate surface area is 78.0 Å². The van der Waals surface area contributed by atoms with Crippen molar-refractivity contribution in [2.45, 2.75) is 0 Å². The Morgan fingerprint density at radius 2 is 0.714 bits per heavy atom. The van der Waals surface area contributed by atoms with E-state index in [2.05, 4.69) is 0 Å². The minimum absolute atomic E-state index is 0. The summed E-state index contributed by atoms with van der Waals surface area (Å²) in [5.41, 5.74) is 0. The van der Waals surface area contributed by atoms with Gasteiger partial charge in [0.15, 0.2) is 0 Å². The van der Waals surface area contributed by atoms with E-state index < -0.39 is 0 Å². The van der Waals surface area contributed by atoms with Gasteiger partial charge in [-0.05, 0) is 0 Å². The third-order valence-corrected chi connectivity index (χ3v) is 0. The number of halogens is 4. The average molecular weight is 277 g/mol. The SMILES string of the molecule is Cl.Cl.Cl.Cl.[OH3+].[O]=[Mo].